The lowest BCUT2D eigenvalue weighted by Crippen LogP contribution is -2.70. The Labute approximate surface area is 479 Å². The smallest absolute Gasteiger partial charge is 0.412 e. The van der Waals surface area contributed by atoms with Gasteiger partial charge in [-0.2, -0.15) is 0 Å². The Morgan fingerprint density at radius 1 is 0.610 bits per heavy atom. The number of fused-ring (bicyclic) bond motifs is 1. The summed E-state index contributed by atoms with van der Waals surface area (Å²) in [6.45, 7) is 10.4. The summed E-state index contributed by atoms with van der Waals surface area (Å²) in [6.07, 6.45) is -12.2. The summed E-state index contributed by atoms with van der Waals surface area (Å²) in [5.74, 6) is -1.16. The van der Waals surface area contributed by atoms with Crippen LogP contribution < -0.4 is 15.7 Å². The zero-order valence-corrected chi connectivity index (χ0v) is 47.0. The molecular weight excluding hydrogens is 1060 g/mol. The molecule has 1 N–H and O–H groups in total. The fraction of sp³-hybridized carbons (Fsp3) is 0.303. The van der Waals surface area contributed by atoms with Crippen LogP contribution >= 0.6 is 0 Å². The second kappa shape index (κ2) is 27.3. The molecule has 7 aromatic rings. The van der Waals surface area contributed by atoms with Crippen molar-refractivity contribution in [3.05, 3.63) is 247 Å². The minimum Gasteiger partial charge on any atom is -0.450 e. The molecular formula is C66H68FNO13Si. The standard InChI is InChI=1S/C66H68FNO13Si/c1-5-40-71-57-55-53(43-74-62(79-55)48-30-18-9-19-31-48)77-64(60(57)81-65(70)68-50-38-36-49(67)37-39-50)80-56-54(44-75-82(66(2,3)4,51-32-20-10-21-33-51)52-34-22-11-23-35-52)76-63(73-42-46-26-14-7-15-27-46)59(78-61(69)47-28-16-8-17-29-47)58(56)72-41-45-24-12-6-13-25-45/h5-39,53-60,62-64H,1,40-44H2,2-4H3,(H,68,70)/t53-,54-,55+,56-,57+,58+,59-,60-,62?,63-,64+/m1/s1. The fourth-order valence-electron chi connectivity index (χ4n) is 10.8. The number of carbonyl (C=O) groups excluding carboxylic acids is 2. The van der Waals surface area contributed by atoms with Gasteiger partial charge in [-0.15, -0.1) is 6.58 Å². The lowest BCUT2D eigenvalue weighted by atomic mass is 9.95. The second-order valence-corrected chi connectivity index (χ2v) is 25.5. The number of anilines is 1. The first-order valence-corrected chi connectivity index (χ1v) is 29.4. The van der Waals surface area contributed by atoms with Gasteiger partial charge in [-0.25, -0.2) is 14.0 Å². The van der Waals surface area contributed by atoms with Gasteiger partial charge in [0, 0.05) is 11.3 Å². The number of ether oxygens (including phenoxy) is 10. The molecule has 11 atom stereocenters. The van der Waals surface area contributed by atoms with Gasteiger partial charge in [0.05, 0.1) is 38.6 Å². The highest BCUT2D eigenvalue weighted by molar-refractivity contribution is 6.99. The number of nitrogens with one attached hydrogen (secondary N) is 1. The molecule has 16 heteroatoms. The van der Waals surface area contributed by atoms with Gasteiger partial charge in [-0.1, -0.05) is 197 Å². The SMILES string of the molecule is C=CCO[C@H]1[C@H]2OC(c3ccccc3)OC[C@H]2O[C@@H](O[C@H]2[C@H](OCc3ccccc3)[C@@H](OC(=O)c3ccccc3)[C@H](OCc3ccccc3)O[C@@H]2CO[Si](c2ccccc2)(c2ccccc2)C(C)(C)C)[C@@H]1OC(=O)Nc1ccc(F)cc1. The molecule has 0 saturated carbocycles. The van der Waals surface area contributed by atoms with Gasteiger partial charge < -0.3 is 51.8 Å². The van der Waals surface area contributed by atoms with E-state index in [9.17, 15) is 14.0 Å². The minimum atomic E-state index is -3.35. The summed E-state index contributed by atoms with van der Waals surface area (Å²) in [4.78, 5) is 28.9. The zero-order chi connectivity index (χ0) is 56.9. The van der Waals surface area contributed by atoms with Crippen LogP contribution in [0.5, 0.6) is 0 Å². The third-order valence-electron chi connectivity index (χ3n) is 14.7. The van der Waals surface area contributed by atoms with Crippen molar-refractivity contribution in [3.63, 3.8) is 0 Å². The largest absolute Gasteiger partial charge is 0.450 e. The third kappa shape index (κ3) is 13.8. The van der Waals surface area contributed by atoms with Gasteiger partial charge in [-0.3, -0.25) is 5.32 Å². The number of hydrogen-bond donors (Lipinski definition) is 1. The van der Waals surface area contributed by atoms with E-state index in [0.717, 1.165) is 27.1 Å². The molecule has 1 amide bonds. The van der Waals surface area contributed by atoms with Crippen LogP contribution in [0.25, 0.3) is 0 Å². The van der Waals surface area contributed by atoms with Crippen molar-refractivity contribution in [1.29, 1.82) is 0 Å². The Bertz CT molecular complexity index is 3070. The van der Waals surface area contributed by atoms with Gasteiger partial charge >= 0.3 is 12.1 Å². The first-order chi connectivity index (χ1) is 40.0. The van der Waals surface area contributed by atoms with E-state index in [-0.39, 0.29) is 44.3 Å². The van der Waals surface area contributed by atoms with E-state index in [1.165, 1.54) is 24.3 Å². The Hall–Kier alpha value is -7.19. The van der Waals surface area contributed by atoms with Crippen LogP contribution in [-0.2, 0) is 65.0 Å². The summed E-state index contributed by atoms with van der Waals surface area (Å²) in [7, 11) is -3.35. The first-order valence-electron chi connectivity index (χ1n) is 27.5. The molecule has 82 heavy (non-hydrogen) atoms. The van der Waals surface area contributed by atoms with E-state index in [1.54, 1.807) is 30.3 Å². The van der Waals surface area contributed by atoms with E-state index in [4.69, 9.17) is 51.8 Å². The molecule has 3 heterocycles. The average molecular weight is 1130 g/mol. The van der Waals surface area contributed by atoms with Gasteiger partial charge in [0.2, 0.25) is 0 Å². The molecule has 0 radical (unpaired) electrons. The van der Waals surface area contributed by atoms with Gasteiger partial charge in [-0.05, 0) is 62.9 Å². The summed E-state index contributed by atoms with van der Waals surface area (Å²) >= 11 is 0. The number of esters is 1. The number of hydrogen-bond acceptors (Lipinski definition) is 13. The van der Waals surface area contributed by atoms with Crippen molar-refractivity contribution in [2.75, 3.05) is 25.1 Å². The van der Waals surface area contributed by atoms with Gasteiger partial charge in [0.25, 0.3) is 8.32 Å². The highest BCUT2D eigenvalue weighted by atomic mass is 28.4. The molecule has 0 aliphatic carbocycles. The predicted octanol–water partition coefficient (Wildman–Crippen LogP) is 10.9. The Kier molecular flexibility index (Phi) is 19.3. The molecule has 7 aromatic carbocycles. The molecule has 0 bridgehead atoms. The van der Waals surface area contributed by atoms with Crippen LogP contribution in [-0.4, -0.2) is 102 Å². The molecule has 3 aliphatic heterocycles. The maximum Gasteiger partial charge on any atom is 0.412 e. The van der Waals surface area contributed by atoms with E-state index in [0.29, 0.717) is 0 Å². The maximum absolute atomic E-state index is 14.6. The van der Waals surface area contributed by atoms with Crippen LogP contribution in [0.3, 0.4) is 0 Å². The predicted molar refractivity (Wildman–Crippen MR) is 308 cm³/mol. The Morgan fingerprint density at radius 2 is 1.16 bits per heavy atom. The Balaban J connectivity index is 1.11. The van der Waals surface area contributed by atoms with Crippen molar-refractivity contribution in [2.45, 2.75) is 107 Å². The van der Waals surface area contributed by atoms with E-state index >= 15 is 0 Å². The fourth-order valence-corrected chi connectivity index (χ4v) is 15.3. The maximum atomic E-state index is 14.6. The highest BCUT2D eigenvalue weighted by Crippen LogP contribution is 2.42. The van der Waals surface area contributed by atoms with Crippen LogP contribution in [0.15, 0.2) is 219 Å². The number of halogens is 1. The third-order valence-corrected chi connectivity index (χ3v) is 19.7. The minimum absolute atomic E-state index is 0.00250. The van der Waals surface area contributed by atoms with Crippen LogP contribution in [0.4, 0.5) is 14.9 Å². The van der Waals surface area contributed by atoms with Crippen molar-refractivity contribution in [2.24, 2.45) is 0 Å². The molecule has 426 valence electrons. The molecule has 0 spiro atoms. The molecule has 1 unspecified atom stereocenters. The second-order valence-electron chi connectivity index (χ2n) is 21.2. The van der Waals surface area contributed by atoms with E-state index in [2.05, 4.69) is 56.9 Å². The lowest BCUT2D eigenvalue weighted by molar-refractivity contribution is -0.389. The Morgan fingerprint density at radius 3 is 1.74 bits per heavy atom. The number of benzene rings is 7. The molecule has 3 fully saturated rings. The number of carbonyl (C=O) groups is 2. The van der Waals surface area contributed by atoms with E-state index < -0.39 is 98.9 Å². The summed E-state index contributed by atoms with van der Waals surface area (Å²) < 4.78 is 90.1. The van der Waals surface area contributed by atoms with Crippen LogP contribution in [0.2, 0.25) is 5.04 Å². The number of amides is 1. The normalized spacial score (nSPS) is 24.6. The molecule has 3 saturated heterocycles. The topological polar surface area (TPSA) is 148 Å². The first kappa shape index (κ1) is 58.0. The lowest BCUT2D eigenvalue weighted by Gasteiger charge is -2.51. The van der Waals surface area contributed by atoms with Crippen LogP contribution in [0.1, 0.15) is 54.1 Å². The molecule has 0 aromatic heterocycles. The highest BCUT2D eigenvalue weighted by Gasteiger charge is 2.58. The summed E-state index contributed by atoms with van der Waals surface area (Å²) in [5, 5.41) is 4.27. The van der Waals surface area contributed by atoms with Crippen molar-refractivity contribution in [1.82, 2.24) is 0 Å². The molecule has 3 aliphatic rings. The molecule has 14 nitrogen and oxygen atoms in total. The quantitative estimate of drug-likeness (QED) is 0.0414. The summed E-state index contributed by atoms with van der Waals surface area (Å²) in [5.41, 5.74) is 2.92. The number of rotatable bonds is 21. The van der Waals surface area contributed by atoms with Crippen LogP contribution in [0, 0.1) is 5.82 Å². The van der Waals surface area contributed by atoms with E-state index in [1.807, 2.05) is 133 Å². The average Bonchev–Trinajstić information content (AvgIpc) is 3.52. The van der Waals surface area contributed by atoms with Gasteiger partial charge in [0.1, 0.15) is 42.4 Å². The van der Waals surface area contributed by atoms with Crippen molar-refractivity contribution < 1.29 is 65.8 Å². The van der Waals surface area contributed by atoms with Gasteiger partial charge in [0.15, 0.2) is 31.1 Å². The van der Waals surface area contributed by atoms with Crippen molar-refractivity contribution >= 4 is 36.4 Å². The molecule has 10 rings (SSSR count). The summed E-state index contributed by atoms with van der Waals surface area (Å²) in [6, 6.07) is 62.9. The zero-order valence-electron chi connectivity index (χ0n) is 46.0. The monoisotopic (exact) mass is 1130 g/mol. The van der Waals surface area contributed by atoms with Crippen molar-refractivity contribution in [3.8, 4) is 0 Å².